The molecule has 120 valence electrons. The van der Waals surface area contributed by atoms with E-state index in [0.717, 1.165) is 5.56 Å². The van der Waals surface area contributed by atoms with Gasteiger partial charge in [0, 0.05) is 17.3 Å². The highest BCUT2D eigenvalue weighted by Gasteiger charge is 2.21. The molecule has 0 fully saturated rings. The maximum atomic E-state index is 12.3. The van der Waals surface area contributed by atoms with E-state index in [2.05, 4.69) is 10.6 Å². The molecule has 5 nitrogen and oxygen atoms in total. The number of benzene rings is 2. The highest BCUT2D eigenvalue weighted by molar-refractivity contribution is 6.30. The highest BCUT2D eigenvalue weighted by Crippen LogP contribution is 2.14. The molecule has 0 saturated heterocycles. The van der Waals surface area contributed by atoms with Crippen molar-refractivity contribution in [3.8, 4) is 0 Å². The Bertz CT molecular complexity index is 659. The van der Waals surface area contributed by atoms with E-state index >= 15 is 0 Å². The number of hydrogen-bond donors (Lipinski definition) is 3. The van der Waals surface area contributed by atoms with Gasteiger partial charge in [-0.1, -0.05) is 41.9 Å². The number of carbonyl (C=O) groups is 2. The van der Waals surface area contributed by atoms with Crippen molar-refractivity contribution in [2.75, 3.05) is 5.32 Å². The van der Waals surface area contributed by atoms with E-state index in [1.807, 2.05) is 30.3 Å². The van der Waals surface area contributed by atoms with E-state index in [1.165, 1.54) is 0 Å². The van der Waals surface area contributed by atoms with Crippen molar-refractivity contribution < 1.29 is 14.7 Å². The molecule has 0 aliphatic rings. The van der Waals surface area contributed by atoms with Gasteiger partial charge in [-0.05, 0) is 29.8 Å². The molecule has 0 aliphatic heterocycles. The van der Waals surface area contributed by atoms with Crippen LogP contribution >= 0.6 is 11.6 Å². The number of nitrogens with one attached hydrogen (secondary N) is 2. The van der Waals surface area contributed by atoms with Gasteiger partial charge in [-0.25, -0.2) is 0 Å². The van der Waals surface area contributed by atoms with Crippen molar-refractivity contribution in [2.24, 2.45) is 0 Å². The predicted molar refractivity (Wildman–Crippen MR) is 89.4 cm³/mol. The standard InChI is InChI=1S/C17H17ClN2O3/c18-13-6-8-14(9-7-13)20-17(23)15(10-16(21)22)19-11-12-4-2-1-3-5-12/h1-9,15,19H,10-11H2,(H,20,23)(H,21,22)/t15-/m1/s1. The molecular weight excluding hydrogens is 316 g/mol. The predicted octanol–water partition coefficient (Wildman–Crippen LogP) is 2.91. The van der Waals surface area contributed by atoms with Gasteiger partial charge < -0.3 is 15.7 Å². The molecular formula is C17H17ClN2O3. The molecule has 2 aromatic rings. The zero-order chi connectivity index (χ0) is 16.7. The van der Waals surface area contributed by atoms with Gasteiger partial charge in [0.1, 0.15) is 0 Å². The van der Waals surface area contributed by atoms with E-state index in [4.69, 9.17) is 16.7 Å². The minimum atomic E-state index is -1.04. The number of aliphatic carboxylic acids is 1. The summed E-state index contributed by atoms with van der Waals surface area (Å²) in [5, 5.41) is 15.2. The average Bonchev–Trinajstić information content (AvgIpc) is 2.54. The minimum absolute atomic E-state index is 0.299. The topological polar surface area (TPSA) is 78.4 Å². The van der Waals surface area contributed by atoms with Crippen molar-refractivity contribution in [3.05, 3.63) is 65.2 Å². The van der Waals surface area contributed by atoms with Gasteiger partial charge in [-0.3, -0.25) is 9.59 Å². The van der Waals surface area contributed by atoms with Crippen molar-refractivity contribution in [1.29, 1.82) is 0 Å². The lowest BCUT2D eigenvalue weighted by Gasteiger charge is -2.17. The van der Waals surface area contributed by atoms with E-state index in [0.29, 0.717) is 17.3 Å². The van der Waals surface area contributed by atoms with Crippen LogP contribution in [0.3, 0.4) is 0 Å². The van der Waals surface area contributed by atoms with E-state index in [1.54, 1.807) is 24.3 Å². The van der Waals surface area contributed by atoms with E-state index in [-0.39, 0.29) is 6.42 Å². The molecule has 1 amide bonds. The summed E-state index contributed by atoms with van der Waals surface area (Å²) in [6.45, 7) is 0.410. The quantitative estimate of drug-likeness (QED) is 0.728. The van der Waals surface area contributed by atoms with Crippen molar-refractivity contribution in [1.82, 2.24) is 5.32 Å². The Morgan fingerprint density at radius 1 is 1.04 bits per heavy atom. The minimum Gasteiger partial charge on any atom is -0.481 e. The van der Waals surface area contributed by atoms with E-state index in [9.17, 15) is 9.59 Å². The number of halogens is 1. The third-order valence-corrected chi connectivity index (χ3v) is 3.45. The largest absolute Gasteiger partial charge is 0.481 e. The Morgan fingerprint density at radius 2 is 1.70 bits per heavy atom. The fourth-order valence-corrected chi connectivity index (χ4v) is 2.16. The van der Waals surface area contributed by atoms with Gasteiger partial charge in [0.15, 0.2) is 0 Å². The van der Waals surface area contributed by atoms with Gasteiger partial charge in [-0.15, -0.1) is 0 Å². The summed E-state index contributed by atoms with van der Waals surface area (Å²) in [7, 11) is 0. The third kappa shape index (κ3) is 5.73. The van der Waals surface area contributed by atoms with Crippen LogP contribution in [0.5, 0.6) is 0 Å². The molecule has 0 radical (unpaired) electrons. The first-order chi connectivity index (χ1) is 11.0. The monoisotopic (exact) mass is 332 g/mol. The summed E-state index contributed by atoms with van der Waals surface area (Å²) >= 11 is 5.79. The molecule has 0 aromatic heterocycles. The molecule has 2 rings (SSSR count). The maximum Gasteiger partial charge on any atom is 0.305 e. The lowest BCUT2D eigenvalue weighted by Crippen LogP contribution is -2.41. The summed E-state index contributed by atoms with van der Waals surface area (Å²) < 4.78 is 0. The first-order valence-corrected chi connectivity index (χ1v) is 7.48. The smallest absolute Gasteiger partial charge is 0.305 e. The van der Waals surface area contributed by atoms with Crippen LogP contribution in [0.4, 0.5) is 5.69 Å². The number of carboxylic acid groups (broad SMARTS) is 1. The number of hydrogen-bond acceptors (Lipinski definition) is 3. The van der Waals surface area contributed by atoms with Crippen LogP contribution in [-0.4, -0.2) is 23.0 Å². The SMILES string of the molecule is O=C(O)C[C@@H](NCc1ccccc1)C(=O)Nc1ccc(Cl)cc1. The molecule has 6 heteroatoms. The van der Waals surface area contributed by atoms with Gasteiger partial charge in [-0.2, -0.15) is 0 Å². The second-order valence-electron chi connectivity index (χ2n) is 5.01. The Labute approximate surface area is 139 Å². The van der Waals surface area contributed by atoms with Crippen LogP contribution < -0.4 is 10.6 Å². The second-order valence-corrected chi connectivity index (χ2v) is 5.45. The number of anilines is 1. The number of carboxylic acids is 1. The third-order valence-electron chi connectivity index (χ3n) is 3.20. The molecule has 23 heavy (non-hydrogen) atoms. The highest BCUT2D eigenvalue weighted by atomic mass is 35.5. The van der Waals surface area contributed by atoms with Gasteiger partial charge in [0.2, 0.25) is 5.91 Å². The fraction of sp³-hybridized carbons (Fsp3) is 0.176. The Hall–Kier alpha value is -2.37. The van der Waals surface area contributed by atoms with Crippen LogP contribution in [0.15, 0.2) is 54.6 Å². The molecule has 0 bridgehead atoms. The van der Waals surface area contributed by atoms with Crippen LogP contribution in [0, 0.1) is 0 Å². The molecule has 0 unspecified atom stereocenters. The van der Waals surface area contributed by atoms with Crippen LogP contribution in [0.1, 0.15) is 12.0 Å². The van der Waals surface area contributed by atoms with E-state index < -0.39 is 17.9 Å². The zero-order valence-corrected chi connectivity index (χ0v) is 13.1. The molecule has 2 aromatic carbocycles. The van der Waals surface area contributed by atoms with Gasteiger partial charge in [0.05, 0.1) is 12.5 Å². The van der Waals surface area contributed by atoms with Crippen molar-refractivity contribution >= 4 is 29.2 Å². The zero-order valence-electron chi connectivity index (χ0n) is 12.3. The summed E-state index contributed by atoms with van der Waals surface area (Å²) in [4.78, 5) is 23.3. The average molecular weight is 333 g/mol. The molecule has 0 heterocycles. The number of amides is 1. The first kappa shape index (κ1) is 17.0. The molecule has 1 atom stereocenters. The Morgan fingerprint density at radius 3 is 2.30 bits per heavy atom. The lowest BCUT2D eigenvalue weighted by atomic mass is 10.1. The normalized spacial score (nSPS) is 11.7. The Kier molecular flexibility index (Phi) is 6.14. The Balaban J connectivity index is 2.00. The molecule has 0 spiro atoms. The maximum absolute atomic E-state index is 12.3. The van der Waals surface area contributed by atoms with Crippen LogP contribution in [0.2, 0.25) is 5.02 Å². The number of rotatable bonds is 7. The van der Waals surface area contributed by atoms with Crippen molar-refractivity contribution in [2.45, 2.75) is 19.0 Å². The second kappa shape index (κ2) is 8.31. The van der Waals surface area contributed by atoms with Gasteiger partial charge in [0.25, 0.3) is 0 Å². The molecule has 0 aliphatic carbocycles. The fourth-order valence-electron chi connectivity index (χ4n) is 2.03. The van der Waals surface area contributed by atoms with Crippen molar-refractivity contribution in [3.63, 3.8) is 0 Å². The first-order valence-electron chi connectivity index (χ1n) is 7.10. The molecule has 0 saturated carbocycles. The molecule has 3 N–H and O–H groups in total. The lowest BCUT2D eigenvalue weighted by molar-refractivity contribution is -0.139. The summed E-state index contributed by atoms with van der Waals surface area (Å²) in [6, 6.07) is 15.3. The van der Waals surface area contributed by atoms with Gasteiger partial charge >= 0.3 is 5.97 Å². The summed E-state index contributed by atoms with van der Waals surface area (Å²) in [6.07, 6.45) is -0.299. The summed E-state index contributed by atoms with van der Waals surface area (Å²) in [5.41, 5.74) is 1.54. The van der Waals surface area contributed by atoms with Crippen LogP contribution in [0.25, 0.3) is 0 Å². The number of carbonyl (C=O) groups excluding carboxylic acids is 1. The van der Waals surface area contributed by atoms with Crippen LogP contribution in [-0.2, 0) is 16.1 Å². The summed E-state index contributed by atoms with van der Waals surface area (Å²) in [5.74, 6) is -1.44.